The van der Waals surface area contributed by atoms with Crippen molar-refractivity contribution < 1.29 is 110 Å². The van der Waals surface area contributed by atoms with E-state index in [2.05, 4.69) is 14.6 Å². The molecular weight excluding hydrogens is 806 g/mol. The number of phosphoric acid groups is 1. The van der Waals surface area contributed by atoms with Gasteiger partial charge in [-0.15, -0.1) is 11.8 Å². The number of allylic oxidation sites excluding steroid dienone is 2. The number of aromatic nitrogens is 3. The first kappa shape index (κ1) is 47.1. The SMILES string of the molecule is C[C@@H](S[C@H]1CO[C@H](/C=C/C=C/c2ccc(C#N)cc2F)OC1)[C@@](Cn1cncn1)(OC(=O)c1cccc(Cl)c1COP(=O)([O-])[O-])c1ccc(F)cc1F.[Na+].[Na+]. The first-order valence-corrected chi connectivity index (χ1v) is 18.4. The van der Waals surface area contributed by atoms with Crippen LogP contribution in [0, 0.1) is 28.8 Å². The van der Waals surface area contributed by atoms with Gasteiger partial charge in [-0.3, -0.25) is 0 Å². The smallest absolute Gasteiger partial charge is 0.790 e. The summed E-state index contributed by atoms with van der Waals surface area (Å²) < 4.78 is 79.1. The number of ether oxygens (including phenoxy) is 3. The first-order chi connectivity index (χ1) is 25.3. The van der Waals surface area contributed by atoms with E-state index in [-0.39, 0.29) is 112 Å². The number of carbonyl (C=O) groups excluding carboxylic acids is 1. The molecule has 0 saturated carbocycles. The molecule has 1 aliphatic rings. The van der Waals surface area contributed by atoms with Gasteiger partial charge >= 0.3 is 65.1 Å². The Morgan fingerprint density at radius 1 is 1.15 bits per heavy atom. The van der Waals surface area contributed by atoms with Crippen LogP contribution in [-0.2, 0) is 42.1 Å². The third kappa shape index (κ3) is 12.8. The Balaban J connectivity index is 0.00000406. The van der Waals surface area contributed by atoms with Gasteiger partial charge in [0.25, 0.3) is 0 Å². The third-order valence-electron chi connectivity index (χ3n) is 7.96. The van der Waals surface area contributed by atoms with Gasteiger partial charge < -0.3 is 33.1 Å². The van der Waals surface area contributed by atoms with Crippen LogP contribution in [0.15, 0.2) is 85.5 Å². The largest absolute Gasteiger partial charge is 1.00 e. The molecule has 2 heterocycles. The minimum Gasteiger partial charge on any atom is -0.790 e. The molecule has 5 rings (SSSR count). The van der Waals surface area contributed by atoms with Gasteiger partial charge in [-0.2, -0.15) is 10.4 Å². The molecule has 1 fully saturated rings. The van der Waals surface area contributed by atoms with Crippen LogP contribution in [-0.4, -0.2) is 50.7 Å². The summed E-state index contributed by atoms with van der Waals surface area (Å²) in [5, 5.41) is 11.7. The number of carbonyl (C=O) groups is 1. The van der Waals surface area contributed by atoms with Crippen molar-refractivity contribution in [1.82, 2.24) is 14.8 Å². The second-order valence-corrected chi connectivity index (χ2v) is 14.7. The fourth-order valence-corrected chi connectivity index (χ4v) is 7.26. The zero-order valence-corrected chi connectivity index (χ0v) is 36.1. The second-order valence-electron chi connectivity index (χ2n) is 11.5. The van der Waals surface area contributed by atoms with Gasteiger partial charge in [0.2, 0.25) is 0 Å². The Bertz CT molecular complexity index is 2080. The second kappa shape index (κ2) is 21.5. The van der Waals surface area contributed by atoms with Crippen LogP contribution in [0.25, 0.3) is 6.08 Å². The molecule has 0 radical (unpaired) electrons. The summed E-state index contributed by atoms with van der Waals surface area (Å²) in [6, 6.07) is 12.8. The number of hydrogen-bond acceptors (Lipinski definition) is 12. The van der Waals surface area contributed by atoms with Crippen LogP contribution in [0.2, 0.25) is 5.02 Å². The molecule has 0 aliphatic carbocycles. The van der Waals surface area contributed by atoms with Gasteiger partial charge in [-0.1, -0.05) is 42.0 Å². The topological polar surface area (TPSA) is 172 Å². The van der Waals surface area contributed by atoms with Gasteiger partial charge in [0.1, 0.15) is 30.1 Å². The number of benzene rings is 3. The number of rotatable bonds is 14. The molecule has 20 heteroatoms. The van der Waals surface area contributed by atoms with Gasteiger partial charge in [-0.25, -0.2) is 27.6 Å². The van der Waals surface area contributed by atoms with Crippen molar-refractivity contribution in [2.45, 2.75) is 42.5 Å². The zero-order chi connectivity index (χ0) is 38.2. The van der Waals surface area contributed by atoms with Crippen molar-refractivity contribution in [3.05, 3.63) is 136 Å². The fraction of sp³-hybridized carbons (Fsp3) is 0.257. The number of thioether (sulfide) groups is 1. The van der Waals surface area contributed by atoms with Crippen LogP contribution in [0.5, 0.6) is 0 Å². The number of halogens is 4. The predicted octanol–water partition coefficient (Wildman–Crippen LogP) is -0.541. The van der Waals surface area contributed by atoms with Crippen LogP contribution in [0.4, 0.5) is 13.2 Å². The van der Waals surface area contributed by atoms with E-state index in [9.17, 15) is 27.9 Å². The first-order valence-electron chi connectivity index (χ1n) is 15.7. The van der Waals surface area contributed by atoms with Gasteiger partial charge in [-0.05, 0) is 49.4 Å². The molecule has 0 unspecified atom stereocenters. The molecule has 0 amide bonds. The van der Waals surface area contributed by atoms with Crippen molar-refractivity contribution >= 4 is 43.2 Å². The van der Waals surface area contributed by atoms with E-state index in [0.717, 1.165) is 18.2 Å². The van der Waals surface area contributed by atoms with E-state index in [1.807, 2.05) is 6.07 Å². The summed E-state index contributed by atoms with van der Waals surface area (Å²) in [6.07, 6.45) is 8.10. The summed E-state index contributed by atoms with van der Waals surface area (Å²) in [4.78, 5) is 40.5. The van der Waals surface area contributed by atoms with Gasteiger partial charge in [0.15, 0.2) is 11.9 Å². The summed E-state index contributed by atoms with van der Waals surface area (Å²) in [5.74, 6) is -3.55. The average molecular weight is 835 g/mol. The van der Waals surface area contributed by atoms with Crippen LogP contribution < -0.4 is 68.9 Å². The Hall–Kier alpha value is -2.30. The Kier molecular flexibility index (Phi) is 18.4. The molecule has 0 bridgehead atoms. The molecule has 1 aliphatic heterocycles. The third-order valence-corrected chi connectivity index (χ3v) is 10.2. The van der Waals surface area contributed by atoms with E-state index in [1.165, 1.54) is 65.5 Å². The molecule has 0 spiro atoms. The van der Waals surface area contributed by atoms with E-state index in [4.69, 9.17) is 31.1 Å². The van der Waals surface area contributed by atoms with E-state index < -0.39 is 60.2 Å². The quantitative estimate of drug-likeness (QED) is 0.0689. The molecule has 1 aromatic heterocycles. The van der Waals surface area contributed by atoms with Crippen molar-refractivity contribution in [3.63, 3.8) is 0 Å². The molecule has 55 heavy (non-hydrogen) atoms. The number of hydrogen-bond donors (Lipinski definition) is 0. The average Bonchev–Trinajstić information content (AvgIpc) is 3.63. The van der Waals surface area contributed by atoms with E-state index >= 15 is 4.39 Å². The minimum atomic E-state index is -5.48. The Labute approximate surface area is 367 Å². The number of phosphoric ester groups is 1. The summed E-state index contributed by atoms with van der Waals surface area (Å²) in [5.41, 5.74) is -2.12. The minimum absolute atomic E-state index is 0. The normalized spacial score (nSPS) is 17.5. The van der Waals surface area contributed by atoms with Crippen molar-refractivity contribution in [2.75, 3.05) is 13.2 Å². The van der Waals surface area contributed by atoms with Crippen molar-refractivity contribution in [2.24, 2.45) is 0 Å². The number of nitriles is 1. The molecular formula is C35H29ClF3N4Na2O8PS. The Morgan fingerprint density at radius 2 is 1.89 bits per heavy atom. The molecule has 278 valence electrons. The van der Waals surface area contributed by atoms with Crippen molar-refractivity contribution in [1.29, 1.82) is 5.26 Å². The van der Waals surface area contributed by atoms with Gasteiger partial charge in [0.05, 0.1) is 56.6 Å². The summed E-state index contributed by atoms with van der Waals surface area (Å²) in [6.45, 7) is 0.733. The number of nitrogens with zero attached hydrogens (tertiary/aromatic N) is 4. The van der Waals surface area contributed by atoms with Crippen LogP contribution in [0.3, 0.4) is 0 Å². The predicted molar refractivity (Wildman–Crippen MR) is 183 cm³/mol. The summed E-state index contributed by atoms with van der Waals surface area (Å²) >= 11 is 7.49. The monoisotopic (exact) mass is 834 g/mol. The standard InChI is InChI=1S/C35H31ClF3N4O8PS.2Na/c1-22(53-26-16-48-33(49-17-26)8-3-2-5-24-10-9-23(15-40)13-31(24)38)35(19-43-21-41-20-42-43,29-12-11-25(37)14-32(29)39)51-34(44)27-6-4-7-30(36)28(27)18-50-52(45,46)47;;/h2-14,20-22,26,33H,16-19H2,1H3,(H2,45,46,47);;/q;2*+1/p-2/b5-2+,8-3+;;/t22-,26-,33-,35-;;/m1../s1. The van der Waals surface area contributed by atoms with Crippen LogP contribution in [0.1, 0.15) is 39.5 Å². The van der Waals surface area contributed by atoms with E-state index in [1.54, 1.807) is 25.2 Å². The number of esters is 1. The van der Waals surface area contributed by atoms with Crippen molar-refractivity contribution in [3.8, 4) is 6.07 Å². The molecule has 12 nitrogen and oxygen atoms in total. The maximum atomic E-state index is 15.8. The fourth-order valence-electron chi connectivity index (χ4n) is 5.39. The molecule has 3 aromatic carbocycles. The molecule has 2 atom stereocenters. The summed E-state index contributed by atoms with van der Waals surface area (Å²) in [7, 11) is -5.48. The molecule has 1 saturated heterocycles. The van der Waals surface area contributed by atoms with E-state index in [0.29, 0.717) is 6.07 Å². The Morgan fingerprint density at radius 3 is 2.53 bits per heavy atom. The van der Waals surface area contributed by atoms with Gasteiger partial charge in [0, 0.05) is 33.0 Å². The zero-order valence-electron chi connectivity index (χ0n) is 29.6. The maximum absolute atomic E-state index is 15.8. The molecule has 0 N–H and O–H groups in total. The maximum Gasteiger partial charge on any atom is 1.00 e. The molecule has 4 aromatic rings. The van der Waals surface area contributed by atoms with Crippen LogP contribution >= 0.6 is 31.2 Å².